The van der Waals surface area contributed by atoms with Crippen LogP contribution in [-0.4, -0.2) is 4.40 Å². The molecular weight excluding hydrogens is 621 g/mol. The molecule has 0 aliphatic rings. The summed E-state index contributed by atoms with van der Waals surface area (Å²) in [6.07, 6.45) is 0. The van der Waals surface area contributed by atoms with Crippen LogP contribution in [0, 0.1) is 0 Å². The number of rotatable bonds is 6. The van der Waals surface area contributed by atoms with E-state index in [9.17, 15) is 0 Å². The van der Waals surface area contributed by atoms with E-state index in [1.165, 1.54) is 27.3 Å². The fraction of sp³-hybridized carbons (Fsp3) is 0. The fourth-order valence-corrected chi connectivity index (χ4v) is 7.70. The molecular formula is C48H32N2O. The zero-order chi connectivity index (χ0) is 33.7. The maximum absolute atomic E-state index is 6.89. The lowest BCUT2D eigenvalue weighted by Crippen LogP contribution is -2.11. The minimum atomic E-state index is 0.862. The van der Waals surface area contributed by atoms with Crippen molar-refractivity contribution in [3.63, 3.8) is 0 Å². The standard InChI is InChI=1S/C48H32N2O/c1-3-15-33(16-4-1)38-22-9-11-25-42(38)49(43-27-13-20-34-17-7-8-21-39(34)43)37-31-29-35(30-32-37)40-24-14-28-45-47(40)51-48-46(36-18-5-2-6-19-36)41-23-10-12-26-44(41)50(45)48/h1-32H. The molecule has 0 aliphatic carbocycles. The molecule has 10 rings (SSSR count). The zero-order valence-electron chi connectivity index (χ0n) is 27.8. The fourth-order valence-electron chi connectivity index (χ4n) is 7.70. The Morgan fingerprint density at radius 1 is 0.392 bits per heavy atom. The van der Waals surface area contributed by atoms with Crippen LogP contribution in [0.3, 0.4) is 0 Å². The monoisotopic (exact) mass is 652 g/mol. The quantitative estimate of drug-likeness (QED) is 0.178. The third-order valence-corrected chi connectivity index (χ3v) is 10.0. The van der Waals surface area contributed by atoms with E-state index in [1.807, 2.05) is 0 Å². The van der Waals surface area contributed by atoms with Crippen molar-refractivity contribution in [2.24, 2.45) is 0 Å². The molecule has 2 heterocycles. The number of nitrogens with zero attached hydrogens (tertiary/aromatic N) is 2. The Morgan fingerprint density at radius 3 is 1.78 bits per heavy atom. The van der Waals surface area contributed by atoms with E-state index in [0.29, 0.717) is 0 Å². The smallest absolute Gasteiger partial charge is 0.213 e. The summed E-state index contributed by atoms with van der Waals surface area (Å²) in [4.78, 5) is 2.39. The van der Waals surface area contributed by atoms with E-state index in [4.69, 9.17) is 4.42 Å². The highest BCUT2D eigenvalue weighted by Crippen LogP contribution is 2.45. The lowest BCUT2D eigenvalue weighted by Gasteiger charge is -2.29. The van der Waals surface area contributed by atoms with E-state index in [2.05, 4.69) is 203 Å². The van der Waals surface area contributed by atoms with Gasteiger partial charge in [-0.3, -0.25) is 4.40 Å². The van der Waals surface area contributed by atoms with Gasteiger partial charge in [0.1, 0.15) is 0 Å². The number of anilines is 3. The molecule has 0 amide bonds. The molecule has 3 heteroatoms. The highest BCUT2D eigenvalue weighted by Gasteiger charge is 2.22. The Kier molecular flexibility index (Phi) is 6.81. The normalized spacial score (nSPS) is 11.5. The number of aromatic nitrogens is 1. The van der Waals surface area contributed by atoms with E-state index in [1.54, 1.807) is 0 Å². The molecule has 0 saturated carbocycles. The molecule has 0 N–H and O–H groups in total. The summed E-state index contributed by atoms with van der Waals surface area (Å²) < 4.78 is 9.16. The summed E-state index contributed by atoms with van der Waals surface area (Å²) in [7, 11) is 0. The van der Waals surface area contributed by atoms with Gasteiger partial charge in [0, 0.05) is 27.6 Å². The van der Waals surface area contributed by atoms with Gasteiger partial charge in [0.2, 0.25) is 5.71 Å². The molecule has 0 unspecified atom stereocenters. The largest absolute Gasteiger partial charge is 0.437 e. The first kappa shape index (κ1) is 29.1. The molecule has 0 bridgehead atoms. The molecule has 0 spiro atoms. The maximum atomic E-state index is 6.89. The lowest BCUT2D eigenvalue weighted by atomic mass is 9.99. The van der Waals surface area contributed by atoms with Gasteiger partial charge in [-0.1, -0.05) is 158 Å². The van der Waals surface area contributed by atoms with Gasteiger partial charge in [-0.25, -0.2) is 0 Å². The van der Waals surface area contributed by atoms with E-state index in [0.717, 1.165) is 61.6 Å². The van der Waals surface area contributed by atoms with E-state index < -0.39 is 0 Å². The van der Waals surface area contributed by atoms with Crippen molar-refractivity contribution in [2.45, 2.75) is 0 Å². The van der Waals surface area contributed by atoms with Crippen LogP contribution in [0.5, 0.6) is 0 Å². The Morgan fingerprint density at radius 2 is 0.961 bits per heavy atom. The minimum absolute atomic E-state index is 0.862. The second kappa shape index (κ2) is 11.9. The predicted molar refractivity (Wildman–Crippen MR) is 213 cm³/mol. The number of oxazole rings is 1. The summed E-state index contributed by atoms with van der Waals surface area (Å²) >= 11 is 0. The molecule has 51 heavy (non-hydrogen) atoms. The second-order valence-corrected chi connectivity index (χ2v) is 12.9. The van der Waals surface area contributed by atoms with Crippen molar-refractivity contribution < 1.29 is 4.42 Å². The van der Waals surface area contributed by atoms with Gasteiger partial charge in [0.15, 0.2) is 5.58 Å². The van der Waals surface area contributed by atoms with E-state index in [-0.39, 0.29) is 0 Å². The molecule has 240 valence electrons. The van der Waals surface area contributed by atoms with Crippen LogP contribution in [0.15, 0.2) is 199 Å². The van der Waals surface area contributed by atoms with Crippen LogP contribution < -0.4 is 4.90 Å². The van der Waals surface area contributed by atoms with E-state index >= 15 is 0 Å². The highest BCUT2D eigenvalue weighted by molar-refractivity contribution is 6.08. The first-order valence-electron chi connectivity index (χ1n) is 17.4. The van der Waals surface area contributed by atoms with Crippen LogP contribution in [0.2, 0.25) is 0 Å². The third kappa shape index (κ3) is 4.74. The van der Waals surface area contributed by atoms with Crippen molar-refractivity contribution in [1.29, 1.82) is 0 Å². The van der Waals surface area contributed by atoms with Crippen LogP contribution >= 0.6 is 0 Å². The molecule has 2 aromatic heterocycles. The van der Waals surface area contributed by atoms with Gasteiger partial charge in [0.05, 0.1) is 28.0 Å². The van der Waals surface area contributed by atoms with Crippen molar-refractivity contribution in [1.82, 2.24) is 4.40 Å². The zero-order valence-corrected chi connectivity index (χ0v) is 27.8. The molecule has 0 saturated heterocycles. The SMILES string of the molecule is c1ccc(-c2ccccc2N(c2ccc(-c3cccc4c3oc3c(-c5ccccc5)c5ccccc5n34)cc2)c2cccc3ccccc23)cc1. The number of benzene rings is 8. The van der Waals surface area contributed by atoms with Crippen LogP contribution in [-0.2, 0) is 0 Å². The Hall–Kier alpha value is -6.84. The Bertz CT molecular complexity index is 2840. The Labute approximate surface area is 295 Å². The van der Waals surface area contributed by atoms with Crippen LogP contribution in [0.25, 0.3) is 71.9 Å². The molecule has 3 nitrogen and oxygen atoms in total. The van der Waals surface area contributed by atoms with Crippen molar-refractivity contribution in [2.75, 3.05) is 4.90 Å². The molecule has 0 atom stereocenters. The number of hydrogen-bond acceptors (Lipinski definition) is 2. The Balaban J connectivity index is 1.15. The first-order valence-corrected chi connectivity index (χ1v) is 17.4. The van der Waals surface area contributed by atoms with Crippen molar-refractivity contribution >= 4 is 55.6 Å². The second-order valence-electron chi connectivity index (χ2n) is 12.9. The van der Waals surface area contributed by atoms with Gasteiger partial charge < -0.3 is 9.32 Å². The summed E-state index contributed by atoms with van der Waals surface area (Å²) in [5.41, 5.74) is 14.0. The average Bonchev–Trinajstić information content (AvgIpc) is 3.74. The van der Waals surface area contributed by atoms with Gasteiger partial charge in [-0.2, -0.15) is 0 Å². The molecule has 0 aliphatic heterocycles. The van der Waals surface area contributed by atoms with Crippen molar-refractivity contribution in [3.05, 3.63) is 194 Å². The van der Waals surface area contributed by atoms with Crippen molar-refractivity contribution in [3.8, 4) is 33.4 Å². The summed E-state index contributed by atoms with van der Waals surface area (Å²) in [6, 6.07) is 69.0. The maximum Gasteiger partial charge on any atom is 0.213 e. The van der Waals surface area contributed by atoms with Gasteiger partial charge in [-0.05, 0) is 58.5 Å². The lowest BCUT2D eigenvalue weighted by molar-refractivity contribution is 0.659. The summed E-state index contributed by atoms with van der Waals surface area (Å²) in [5.74, 6) is 0. The highest BCUT2D eigenvalue weighted by atomic mass is 16.3. The summed E-state index contributed by atoms with van der Waals surface area (Å²) in [5, 5.41) is 3.59. The van der Waals surface area contributed by atoms with Gasteiger partial charge in [0.25, 0.3) is 0 Å². The van der Waals surface area contributed by atoms with Crippen LogP contribution in [0.1, 0.15) is 0 Å². The molecule has 10 aromatic rings. The topological polar surface area (TPSA) is 20.8 Å². The van der Waals surface area contributed by atoms with Gasteiger partial charge in [-0.15, -0.1) is 0 Å². The number of fused-ring (bicyclic) bond motifs is 6. The molecule has 8 aromatic carbocycles. The number of hydrogen-bond donors (Lipinski definition) is 0. The average molecular weight is 653 g/mol. The first-order chi connectivity index (χ1) is 25.3. The van der Waals surface area contributed by atoms with Gasteiger partial charge >= 0.3 is 0 Å². The number of para-hydroxylation sites is 3. The molecule has 0 radical (unpaired) electrons. The molecule has 0 fully saturated rings. The predicted octanol–water partition coefficient (Wildman–Crippen LogP) is 13.5. The summed E-state index contributed by atoms with van der Waals surface area (Å²) in [6.45, 7) is 0. The third-order valence-electron chi connectivity index (χ3n) is 10.0. The minimum Gasteiger partial charge on any atom is -0.437 e. The van der Waals surface area contributed by atoms with Crippen LogP contribution in [0.4, 0.5) is 17.1 Å².